The van der Waals surface area contributed by atoms with Crippen LogP contribution >= 0.6 is 0 Å². The van der Waals surface area contributed by atoms with Gasteiger partial charge in [0.05, 0.1) is 8.48 Å². The summed E-state index contributed by atoms with van der Waals surface area (Å²) >= 11 is 0. The molecule has 0 atom stereocenters. The van der Waals surface area contributed by atoms with Crippen LogP contribution in [0.2, 0.25) is 1.41 Å². The maximum absolute atomic E-state index is 10.5. The number of ether oxygens (including phenoxy) is 1. The van der Waals surface area contributed by atoms with Crippen LogP contribution in [0.3, 0.4) is 0 Å². The molecule has 0 amide bonds. The van der Waals surface area contributed by atoms with E-state index in [1.807, 2.05) is 0 Å². The van der Waals surface area contributed by atoms with E-state index in [1.165, 1.54) is 7.11 Å². The van der Waals surface area contributed by atoms with Gasteiger partial charge in [0.2, 0.25) is 5.88 Å². The molecule has 0 saturated heterocycles. The Hall–Kier alpha value is -1.65. The highest BCUT2D eigenvalue weighted by Crippen LogP contribution is 1.99. The van der Waals surface area contributed by atoms with Crippen molar-refractivity contribution in [1.29, 1.82) is 0 Å². The van der Waals surface area contributed by atoms with E-state index in [0.717, 1.165) is 6.08 Å². The molecule has 1 aliphatic rings. The summed E-state index contributed by atoms with van der Waals surface area (Å²) in [4.78, 5) is 10.5. The van der Waals surface area contributed by atoms with Crippen LogP contribution < -0.4 is 10.8 Å². The second-order valence-corrected chi connectivity index (χ2v) is 1.74. The molecule has 0 fully saturated rings. The summed E-state index contributed by atoms with van der Waals surface area (Å²) < 4.78 is 19.2. The number of nitrogens with one attached hydrogen (secondary N) is 2. The van der Waals surface area contributed by atoms with Gasteiger partial charge in [-0.15, -0.1) is 0 Å². The molecule has 3 N–H and O–H groups in total. The van der Waals surface area contributed by atoms with Gasteiger partial charge in [-0.25, -0.2) is 4.79 Å². The predicted octanol–water partition coefficient (Wildman–Crippen LogP) is -0.450. The first-order chi connectivity index (χ1) is 6.06. The summed E-state index contributed by atoms with van der Waals surface area (Å²) in [6.07, 6.45) is 1.08. The smallest absolute Gasteiger partial charge is 0.353 e. The first-order valence-corrected chi connectivity index (χ1v) is 2.81. The van der Waals surface area contributed by atoms with Gasteiger partial charge >= 0.3 is 5.97 Å². The quantitative estimate of drug-likeness (QED) is 0.507. The molecule has 0 saturated carbocycles. The average molecular weight is 158 g/mol. The molecule has 0 bridgehead atoms. The lowest BCUT2D eigenvalue weighted by Crippen LogP contribution is -2.36. The summed E-state index contributed by atoms with van der Waals surface area (Å²) in [6.45, 7) is 0. The molecule has 1 rings (SSSR count). The van der Waals surface area contributed by atoms with Crippen molar-refractivity contribution in [2.24, 2.45) is 0 Å². The van der Waals surface area contributed by atoms with Crippen molar-refractivity contribution < 1.29 is 17.4 Å². The minimum absolute atomic E-state index is 0.0509. The molecule has 0 aromatic heterocycles. The number of hydrogen-bond donors (Lipinski definition) is 3. The minimum atomic E-state index is -1.22. The van der Waals surface area contributed by atoms with Crippen LogP contribution in [-0.4, -0.2) is 18.2 Å². The lowest BCUT2D eigenvalue weighted by Gasteiger charge is -2.14. The van der Waals surface area contributed by atoms with E-state index >= 15 is 0 Å². The van der Waals surface area contributed by atoms with Crippen molar-refractivity contribution >= 4 is 5.97 Å². The Morgan fingerprint density at radius 1 is 2.00 bits per heavy atom. The zero-order chi connectivity index (χ0) is 10.0. The van der Waals surface area contributed by atoms with Crippen LogP contribution in [0.15, 0.2) is 23.7 Å². The molecule has 11 heavy (non-hydrogen) atoms. The second kappa shape index (κ2) is 2.96. The van der Waals surface area contributed by atoms with E-state index in [2.05, 4.69) is 10.2 Å². The maximum Gasteiger partial charge on any atom is 0.353 e. The molecule has 5 heteroatoms. The van der Waals surface area contributed by atoms with Crippen molar-refractivity contribution in [1.82, 2.24) is 10.8 Å². The molecule has 5 nitrogen and oxygen atoms in total. The van der Waals surface area contributed by atoms with E-state index < -0.39 is 5.97 Å². The number of allylic oxidation sites excluding steroid dienone is 2. The van der Waals surface area contributed by atoms with Gasteiger partial charge in [0.25, 0.3) is 0 Å². The van der Waals surface area contributed by atoms with Crippen LogP contribution in [0, 0.1) is 0 Å². The fraction of sp³-hybridized carbons (Fsp3) is 0.167. The Balaban J connectivity index is 3.00. The second-order valence-electron chi connectivity index (χ2n) is 1.74. The highest BCUT2D eigenvalue weighted by Gasteiger charge is 2.09. The molecule has 0 radical (unpaired) electrons. The summed E-state index contributed by atoms with van der Waals surface area (Å²) in [5.41, 5.74) is 2.56. The number of carboxylic acid groups (broad SMARTS) is 1. The van der Waals surface area contributed by atoms with Crippen LogP contribution in [0.25, 0.3) is 0 Å². The molecule has 0 aromatic rings. The molecular formula is C6H8N2O3. The monoisotopic (exact) mass is 158 g/mol. The SMILES string of the molecule is [2H]C1=C(OC)N([2H])NC(C(=O)O)=C1. The van der Waals surface area contributed by atoms with Gasteiger partial charge in [-0.05, 0) is 6.08 Å². The summed E-state index contributed by atoms with van der Waals surface area (Å²) in [5, 5.41) is 8.55. The van der Waals surface area contributed by atoms with E-state index in [4.69, 9.17) is 7.89 Å². The third-order valence-corrected chi connectivity index (χ3v) is 1.04. The van der Waals surface area contributed by atoms with Crippen molar-refractivity contribution in [2.45, 2.75) is 0 Å². The van der Waals surface area contributed by atoms with E-state index in [9.17, 15) is 4.79 Å². The van der Waals surface area contributed by atoms with Gasteiger partial charge in [0, 0.05) is 6.05 Å². The van der Waals surface area contributed by atoms with Crippen LogP contribution in [0.1, 0.15) is 1.37 Å². The van der Waals surface area contributed by atoms with E-state index in [0.29, 0.717) is 5.42 Å². The highest BCUT2D eigenvalue weighted by atomic mass is 16.5. The number of carboxylic acids is 1. The Morgan fingerprint density at radius 3 is 3.18 bits per heavy atom. The first kappa shape index (κ1) is 5.06. The third kappa shape index (κ3) is 1.64. The molecule has 60 valence electrons. The van der Waals surface area contributed by atoms with Gasteiger partial charge in [-0.2, -0.15) is 0 Å². The Bertz CT molecular complexity index is 300. The predicted molar refractivity (Wildman–Crippen MR) is 37.1 cm³/mol. The van der Waals surface area contributed by atoms with Gasteiger partial charge in [-0.1, -0.05) is 0 Å². The molecule has 1 heterocycles. The van der Waals surface area contributed by atoms with E-state index in [-0.39, 0.29) is 17.6 Å². The van der Waals surface area contributed by atoms with Crippen molar-refractivity contribution in [3.8, 4) is 0 Å². The van der Waals surface area contributed by atoms with Crippen LogP contribution in [-0.2, 0) is 9.53 Å². The lowest BCUT2D eigenvalue weighted by atomic mass is 10.3. The summed E-state index contributed by atoms with van der Waals surface area (Å²) in [6, 6.07) is -0.159. The van der Waals surface area contributed by atoms with E-state index in [1.54, 1.807) is 0 Å². The molecule has 0 unspecified atom stereocenters. The Morgan fingerprint density at radius 2 is 2.73 bits per heavy atom. The van der Waals surface area contributed by atoms with Gasteiger partial charge in [0.15, 0.2) is 1.41 Å². The van der Waals surface area contributed by atoms with Crippen molar-refractivity contribution in [3.63, 3.8) is 0 Å². The van der Waals surface area contributed by atoms with Gasteiger partial charge < -0.3 is 9.84 Å². The molecule has 0 aliphatic carbocycles. The fourth-order valence-electron chi connectivity index (χ4n) is 0.524. The molecular weight excluding hydrogens is 148 g/mol. The molecule has 0 aromatic carbocycles. The number of hydrazine groups is 1. The molecule has 1 aliphatic heterocycles. The van der Waals surface area contributed by atoms with Crippen molar-refractivity contribution in [3.05, 3.63) is 23.7 Å². The topological polar surface area (TPSA) is 70.6 Å². The molecule has 0 spiro atoms. The Kier molecular flexibility index (Phi) is 1.36. The maximum atomic E-state index is 10.5. The number of aliphatic carboxylic acids is 1. The third-order valence-electron chi connectivity index (χ3n) is 1.04. The lowest BCUT2D eigenvalue weighted by molar-refractivity contribution is -0.133. The van der Waals surface area contributed by atoms with Crippen LogP contribution in [0.4, 0.5) is 0 Å². The number of carbonyl (C=O) groups is 1. The number of rotatable bonds is 2. The number of hydrogen-bond acceptors (Lipinski definition) is 4. The Labute approximate surface area is 66.2 Å². The zero-order valence-electron chi connectivity index (χ0n) is 7.79. The summed E-state index contributed by atoms with van der Waals surface area (Å²) in [7, 11) is 1.30. The minimum Gasteiger partial charge on any atom is -0.481 e. The van der Waals surface area contributed by atoms with Crippen molar-refractivity contribution in [2.75, 3.05) is 7.11 Å². The standard InChI is InChI=1S/C6H8N2O3/c1-11-5-3-2-4(6(9)10)7-8-5/h2-3,7-8H,1H3,(H,9,10)/i3D/hD. The van der Waals surface area contributed by atoms with Crippen LogP contribution in [0.5, 0.6) is 0 Å². The first-order valence-electron chi connectivity index (χ1n) is 3.76. The zero-order valence-corrected chi connectivity index (χ0v) is 5.79. The highest BCUT2D eigenvalue weighted by molar-refractivity contribution is 5.86. The average Bonchev–Trinajstić information content (AvgIpc) is 2.03. The van der Waals surface area contributed by atoms with Gasteiger partial charge in [-0.3, -0.25) is 10.8 Å². The number of methoxy groups -OCH3 is 1. The largest absolute Gasteiger partial charge is 0.481 e. The van der Waals surface area contributed by atoms with Gasteiger partial charge in [0.1, 0.15) is 5.70 Å². The summed E-state index contributed by atoms with van der Waals surface area (Å²) in [5.74, 6) is -1.28. The normalized spacial score (nSPS) is 19.7. The fourth-order valence-corrected chi connectivity index (χ4v) is 0.524.